The zero-order chi connectivity index (χ0) is 21.6. The summed E-state index contributed by atoms with van der Waals surface area (Å²) in [6.45, 7) is 4.60. The Balaban J connectivity index is 1.53. The lowest BCUT2D eigenvalue weighted by Gasteiger charge is -2.38. The van der Waals surface area contributed by atoms with Gasteiger partial charge in [0.1, 0.15) is 5.82 Å². The molecule has 2 aliphatic heterocycles. The van der Waals surface area contributed by atoms with Crippen LogP contribution in [0.3, 0.4) is 0 Å². The molecule has 1 aromatic heterocycles. The van der Waals surface area contributed by atoms with Crippen LogP contribution in [0.5, 0.6) is 0 Å². The minimum absolute atomic E-state index is 0.241. The molecular formula is C22H27N5O3S. The first kappa shape index (κ1) is 20.5. The van der Waals surface area contributed by atoms with Crippen molar-refractivity contribution in [2.45, 2.75) is 23.9 Å². The molecule has 1 saturated heterocycles. The molecular weight excluding hydrogens is 414 g/mol. The van der Waals surface area contributed by atoms with E-state index in [1.807, 2.05) is 42.2 Å². The first-order valence-corrected chi connectivity index (χ1v) is 12.0. The van der Waals surface area contributed by atoms with Gasteiger partial charge in [-0.1, -0.05) is 29.8 Å². The van der Waals surface area contributed by atoms with Crippen LogP contribution >= 0.6 is 10.6 Å². The summed E-state index contributed by atoms with van der Waals surface area (Å²) >= 11 is 0. The molecule has 0 saturated carbocycles. The number of benzene rings is 2. The topological polar surface area (TPSA) is 117 Å². The van der Waals surface area contributed by atoms with E-state index in [0.29, 0.717) is 43.7 Å². The standard InChI is InChI=1S/C22H27N5O3S/c1-15-6-7-18-17(10-15)20(24-12-22(23)13-30-14-22)26-21(25-18)27-8-9-31(28,29)19-5-3-2-4-16(19)11-27/h2-7,10,28-29H,8-9,11-14,23H2,1H3,(H,24,25,26). The van der Waals surface area contributed by atoms with Gasteiger partial charge >= 0.3 is 0 Å². The number of hydrogen-bond donors (Lipinski definition) is 4. The second-order valence-corrected chi connectivity index (χ2v) is 10.7. The molecule has 3 aromatic rings. The summed E-state index contributed by atoms with van der Waals surface area (Å²) in [7, 11) is -2.85. The molecule has 0 unspecified atom stereocenters. The fraction of sp³-hybridized carbons (Fsp3) is 0.364. The van der Waals surface area contributed by atoms with Gasteiger partial charge in [-0.15, -0.1) is 0 Å². The van der Waals surface area contributed by atoms with Crippen molar-refractivity contribution in [1.82, 2.24) is 9.97 Å². The SMILES string of the molecule is Cc1ccc2nc(N3CCS(O)(O)c4ccccc4C3)nc(NCC3(N)COC3)c2c1. The predicted molar refractivity (Wildman–Crippen MR) is 124 cm³/mol. The quantitative estimate of drug-likeness (QED) is 0.488. The monoisotopic (exact) mass is 441 g/mol. The van der Waals surface area contributed by atoms with Crippen molar-refractivity contribution in [3.63, 3.8) is 0 Å². The largest absolute Gasteiger partial charge is 0.377 e. The maximum absolute atomic E-state index is 10.7. The van der Waals surface area contributed by atoms with E-state index in [4.69, 9.17) is 20.4 Å². The van der Waals surface area contributed by atoms with E-state index in [-0.39, 0.29) is 11.3 Å². The second kappa shape index (κ2) is 7.61. The molecule has 164 valence electrons. The van der Waals surface area contributed by atoms with Gasteiger partial charge in [-0.25, -0.2) is 4.98 Å². The van der Waals surface area contributed by atoms with Crippen LogP contribution in [0.2, 0.25) is 0 Å². The molecule has 0 atom stereocenters. The van der Waals surface area contributed by atoms with Crippen LogP contribution in [0.15, 0.2) is 47.4 Å². The van der Waals surface area contributed by atoms with E-state index >= 15 is 0 Å². The molecule has 2 aromatic carbocycles. The zero-order valence-electron chi connectivity index (χ0n) is 17.4. The van der Waals surface area contributed by atoms with Crippen molar-refractivity contribution < 1.29 is 13.8 Å². The van der Waals surface area contributed by atoms with Crippen LogP contribution in [0, 0.1) is 6.92 Å². The number of hydrogen-bond acceptors (Lipinski definition) is 8. The average molecular weight is 442 g/mol. The van der Waals surface area contributed by atoms with Crippen molar-refractivity contribution >= 4 is 33.3 Å². The number of nitrogens with zero attached hydrogens (tertiary/aromatic N) is 3. The first-order valence-electron chi connectivity index (χ1n) is 10.3. The van der Waals surface area contributed by atoms with Gasteiger partial charge < -0.3 is 20.7 Å². The Hall–Kier alpha value is -2.43. The minimum atomic E-state index is -2.85. The third kappa shape index (κ3) is 3.95. The maximum Gasteiger partial charge on any atom is 0.228 e. The average Bonchev–Trinajstić information content (AvgIpc) is 2.87. The van der Waals surface area contributed by atoms with Crippen LogP contribution in [0.1, 0.15) is 11.1 Å². The highest BCUT2D eigenvalue weighted by Gasteiger charge is 2.34. The van der Waals surface area contributed by atoms with Gasteiger partial charge in [0.2, 0.25) is 5.95 Å². The molecule has 8 nitrogen and oxygen atoms in total. The molecule has 0 aliphatic carbocycles. The molecule has 2 aliphatic rings. The summed E-state index contributed by atoms with van der Waals surface area (Å²) in [5.74, 6) is 1.52. The number of rotatable bonds is 4. The summed E-state index contributed by atoms with van der Waals surface area (Å²) in [6.07, 6.45) is 0. The molecule has 5 N–H and O–H groups in total. The van der Waals surface area contributed by atoms with Crippen molar-refractivity contribution in [3.05, 3.63) is 53.6 Å². The zero-order valence-corrected chi connectivity index (χ0v) is 18.2. The molecule has 31 heavy (non-hydrogen) atoms. The number of nitrogens with two attached hydrogens (primary N) is 1. The number of aromatic nitrogens is 2. The normalized spacial score (nSPS) is 20.5. The Kier molecular flexibility index (Phi) is 5.03. The van der Waals surface area contributed by atoms with E-state index in [1.165, 1.54) is 0 Å². The Morgan fingerprint density at radius 3 is 2.77 bits per heavy atom. The van der Waals surface area contributed by atoms with Gasteiger partial charge in [-0.2, -0.15) is 15.6 Å². The molecule has 0 radical (unpaired) electrons. The smallest absolute Gasteiger partial charge is 0.228 e. The van der Waals surface area contributed by atoms with Crippen molar-refractivity contribution in [2.24, 2.45) is 5.73 Å². The third-order valence-corrected chi connectivity index (χ3v) is 7.70. The number of aryl methyl sites for hydroxylation is 1. The maximum atomic E-state index is 10.7. The summed E-state index contributed by atoms with van der Waals surface area (Å²) in [4.78, 5) is 12.3. The summed E-state index contributed by atoms with van der Waals surface area (Å²) in [6, 6.07) is 13.6. The molecule has 0 spiro atoms. The Labute approximate surface area is 182 Å². The third-order valence-electron chi connectivity index (χ3n) is 5.84. The summed E-state index contributed by atoms with van der Waals surface area (Å²) in [5.41, 5.74) is 8.77. The lowest BCUT2D eigenvalue weighted by atomic mass is 9.99. The fourth-order valence-corrected chi connectivity index (χ4v) is 5.53. The van der Waals surface area contributed by atoms with Crippen LogP contribution in [0.25, 0.3) is 10.9 Å². The molecule has 3 heterocycles. The Morgan fingerprint density at radius 2 is 2.00 bits per heavy atom. The molecule has 5 rings (SSSR count). The highest BCUT2D eigenvalue weighted by molar-refractivity contribution is 8.24. The van der Waals surface area contributed by atoms with Crippen LogP contribution in [0.4, 0.5) is 11.8 Å². The highest BCUT2D eigenvalue weighted by Crippen LogP contribution is 2.51. The minimum Gasteiger partial charge on any atom is -0.377 e. The van der Waals surface area contributed by atoms with E-state index < -0.39 is 10.6 Å². The predicted octanol–water partition coefficient (Wildman–Crippen LogP) is 3.21. The van der Waals surface area contributed by atoms with E-state index in [9.17, 15) is 9.11 Å². The summed E-state index contributed by atoms with van der Waals surface area (Å²) < 4.78 is 26.6. The van der Waals surface area contributed by atoms with Crippen molar-refractivity contribution in [1.29, 1.82) is 0 Å². The van der Waals surface area contributed by atoms with Gasteiger partial charge in [0.25, 0.3) is 0 Å². The fourth-order valence-electron chi connectivity index (χ4n) is 3.99. The van der Waals surface area contributed by atoms with Gasteiger partial charge in [0, 0.05) is 25.0 Å². The number of anilines is 2. The molecule has 1 fully saturated rings. The van der Waals surface area contributed by atoms with Crippen molar-refractivity contribution in [3.8, 4) is 0 Å². The molecule has 9 heteroatoms. The van der Waals surface area contributed by atoms with E-state index in [1.54, 1.807) is 6.07 Å². The van der Waals surface area contributed by atoms with Crippen molar-refractivity contribution in [2.75, 3.05) is 42.3 Å². The second-order valence-electron chi connectivity index (χ2n) is 8.50. The van der Waals surface area contributed by atoms with E-state index in [2.05, 4.69) is 11.4 Å². The van der Waals surface area contributed by atoms with E-state index in [0.717, 1.165) is 27.8 Å². The van der Waals surface area contributed by atoms with Gasteiger partial charge in [-0.3, -0.25) is 9.11 Å². The number of ether oxygens (including phenoxy) is 1. The summed E-state index contributed by atoms with van der Waals surface area (Å²) in [5, 5.41) is 4.35. The highest BCUT2D eigenvalue weighted by atomic mass is 32.3. The lowest BCUT2D eigenvalue weighted by Crippen LogP contribution is -2.61. The van der Waals surface area contributed by atoms with Crippen LogP contribution in [-0.4, -0.2) is 56.7 Å². The van der Waals surface area contributed by atoms with Gasteiger partial charge in [-0.05, 0) is 30.7 Å². The van der Waals surface area contributed by atoms with Gasteiger partial charge in [0.05, 0.1) is 34.9 Å². The molecule has 0 bridgehead atoms. The Bertz CT molecular complexity index is 1140. The molecule has 0 amide bonds. The lowest BCUT2D eigenvalue weighted by molar-refractivity contribution is -0.0461. The van der Waals surface area contributed by atoms with Gasteiger partial charge in [0.15, 0.2) is 0 Å². The van der Waals surface area contributed by atoms with Crippen LogP contribution < -0.4 is 16.0 Å². The number of fused-ring (bicyclic) bond motifs is 2. The van der Waals surface area contributed by atoms with Crippen LogP contribution in [-0.2, 0) is 11.3 Å². The Morgan fingerprint density at radius 1 is 1.19 bits per heavy atom. The first-order chi connectivity index (χ1) is 14.8. The number of nitrogens with one attached hydrogen (secondary N) is 1.